The molecule has 1 heterocycles. The fourth-order valence-corrected chi connectivity index (χ4v) is 1.92. The summed E-state index contributed by atoms with van der Waals surface area (Å²) in [6, 6.07) is 9.87. The molecule has 0 bridgehead atoms. The summed E-state index contributed by atoms with van der Waals surface area (Å²) >= 11 is 3.29. The van der Waals surface area contributed by atoms with E-state index in [0.29, 0.717) is 10.0 Å². The van der Waals surface area contributed by atoms with Crippen LogP contribution >= 0.6 is 15.9 Å². The van der Waals surface area contributed by atoms with E-state index in [0.717, 1.165) is 0 Å². The summed E-state index contributed by atoms with van der Waals surface area (Å²) in [5.41, 5.74) is 0.728. The molecule has 0 fully saturated rings. The van der Waals surface area contributed by atoms with Gasteiger partial charge in [-0.05, 0) is 40.2 Å². The van der Waals surface area contributed by atoms with E-state index in [1.54, 1.807) is 18.2 Å². The van der Waals surface area contributed by atoms with Gasteiger partial charge in [-0.25, -0.2) is 4.39 Å². The minimum absolute atomic E-state index is 0.0623. The summed E-state index contributed by atoms with van der Waals surface area (Å²) in [6.07, 6.45) is 1.49. The number of pyridine rings is 1. The Bertz CT molecular complexity index is 574. The number of nitrogens with zero attached hydrogens (tertiary/aromatic N) is 1. The van der Waals surface area contributed by atoms with Gasteiger partial charge in [-0.15, -0.1) is 0 Å². The van der Waals surface area contributed by atoms with Crippen LogP contribution in [0.1, 0.15) is 16.1 Å². The second kappa shape index (κ2) is 5.73. The van der Waals surface area contributed by atoms with E-state index in [1.165, 1.54) is 18.3 Å². The number of hydrogen-bond acceptors (Lipinski definition) is 2. The molecular weight excluding hydrogens is 299 g/mol. The summed E-state index contributed by atoms with van der Waals surface area (Å²) in [4.78, 5) is 15.7. The molecule has 0 unspecified atom stereocenters. The molecule has 18 heavy (non-hydrogen) atoms. The Morgan fingerprint density at radius 2 is 2.06 bits per heavy atom. The molecule has 0 radical (unpaired) electrons. The Morgan fingerprint density at radius 3 is 2.78 bits per heavy atom. The van der Waals surface area contributed by atoms with Crippen molar-refractivity contribution in [1.82, 2.24) is 10.3 Å². The lowest BCUT2D eigenvalue weighted by Gasteiger charge is -2.06. The van der Waals surface area contributed by atoms with Crippen LogP contribution in [-0.2, 0) is 6.54 Å². The molecule has 1 amide bonds. The van der Waals surface area contributed by atoms with E-state index in [9.17, 15) is 9.18 Å². The predicted octanol–water partition coefficient (Wildman–Crippen LogP) is 2.91. The Morgan fingerprint density at radius 1 is 1.28 bits per heavy atom. The van der Waals surface area contributed by atoms with Crippen molar-refractivity contribution in [2.75, 3.05) is 0 Å². The molecule has 2 aromatic rings. The van der Waals surface area contributed by atoms with Crippen LogP contribution in [0.5, 0.6) is 0 Å². The number of carbonyl (C=O) groups excluding carboxylic acids is 1. The van der Waals surface area contributed by atoms with Crippen LogP contribution in [0.15, 0.2) is 47.1 Å². The largest absolute Gasteiger partial charge is 0.346 e. The second-order valence-electron chi connectivity index (χ2n) is 3.59. The van der Waals surface area contributed by atoms with Gasteiger partial charge in [0.05, 0.1) is 17.8 Å². The molecule has 5 heteroatoms. The molecule has 0 spiro atoms. The van der Waals surface area contributed by atoms with Gasteiger partial charge < -0.3 is 5.32 Å². The van der Waals surface area contributed by atoms with Crippen LogP contribution in [0.3, 0.4) is 0 Å². The zero-order valence-electron chi connectivity index (χ0n) is 9.36. The molecule has 0 aliphatic heterocycles. The number of aromatic nitrogens is 1. The maximum Gasteiger partial charge on any atom is 0.252 e. The summed E-state index contributed by atoms with van der Waals surface area (Å²) in [6.45, 7) is 0.0623. The molecule has 1 aromatic heterocycles. The SMILES string of the molecule is O=C(NCc1ncccc1F)c1ccccc1Br. The van der Waals surface area contributed by atoms with Gasteiger partial charge in [0.15, 0.2) is 0 Å². The van der Waals surface area contributed by atoms with Crippen LogP contribution in [0, 0.1) is 5.82 Å². The lowest BCUT2D eigenvalue weighted by atomic mass is 10.2. The van der Waals surface area contributed by atoms with Crippen molar-refractivity contribution in [3.63, 3.8) is 0 Å². The van der Waals surface area contributed by atoms with E-state index in [-0.39, 0.29) is 18.1 Å². The third-order valence-corrected chi connectivity index (χ3v) is 3.06. The molecule has 0 aliphatic carbocycles. The quantitative estimate of drug-likeness (QED) is 0.947. The molecule has 0 saturated carbocycles. The molecule has 0 saturated heterocycles. The second-order valence-corrected chi connectivity index (χ2v) is 4.45. The molecule has 0 atom stereocenters. The smallest absolute Gasteiger partial charge is 0.252 e. The Kier molecular flexibility index (Phi) is 4.04. The molecular formula is C13H10BrFN2O. The maximum atomic E-state index is 13.3. The normalized spacial score (nSPS) is 10.1. The Hall–Kier alpha value is -1.75. The highest BCUT2D eigenvalue weighted by Crippen LogP contribution is 2.15. The number of rotatable bonds is 3. The van der Waals surface area contributed by atoms with Gasteiger partial charge >= 0.3 is 0 Å². The van der Waals surface area contributed by atoms with Crippen molar-refractivity contribution in [3.8, 4) is 0 Å². The van der Waals surface area contributed by atoms with Crippen LogP contribution in [0.4, 0.5) is 4.39 Å². The number of benzene rings is 1. The zero-order chi connectivity index (χ0) is 13.0. The average Bonchev–Trinajstić information content (AvgIpc) is 2.38. The van der Waals surface area contributed by atoms with Crippen LogP contribution in [-0.4, -0.2) is 10.9 Å². The monoisotopic (exact) mass is 308 g/mol. The number of carbonyl (C=O) groups is 1. The topological polar surface area (TPSA) is 42.0 Å². The van der Waals surface area contributed by atoms with Crippen molar-refractivity contribution in [2.24, 2.45) is 0 Å². The summed E-state index contributed by atoms with van der Waals surface area (Å²) in [7, 11) is 0. The van der Waals surface area contributed by atoms with Crippen molar-refractivity contribution in [2.45, 2.75) is 6.54 Å². The van der Waals surface area contributed by atoms with Gasteiger partial charge in [-0.2, -0.15) is 0 Å². The summed E-state index contributed by atoms with van der Waals surface area (Å²) in [5.74, 6) is -0.697. The zero-order valence-corrected chi connectivity index (χ0v) is 10.9. The first kappa shape index (κ1) is 12.7. The van der Waals surface area contributed by atoms with E-state index < -0.39 is 5.82 Å². The number of nitrogens with one attached hydrogen (secondary N) is 1. The van der Waals surface area contributed by atoms with Gasteiger partial charge in [0.25, 0.3) is 5.91 Å². The van der Waals surface area contributed by atoms with E-state index in [4.69, 9.17) is 0 Å². The highest BCUT2D eigenvalue weighted by Gasteiger charge is 2.10. The third kappa shape index (κ3) is 2.92. The number of amides is 1. The van der Waals surface area contributed by atoms with Gasteiger partial charge in [0, 0.05) is 10.7 Å². The Balaban J connectivity index is 2.06. The van der Waals surface area contributed by atoms with Crippen molar-refractivity contribution >= 4 is 21.8 Å². The first-order chi connectivity index (χ1) is 8.68. The molecule has 2 rings (SSSR count). The van der Waals surface area contributed by atoms with Gasteiger partial charge in [0.2, 0.25) is 0 Å². The Labute approximate surface area is 112 Å². The van der Waals surface area contributed by atoms with Gasteiger partial charge in [0.1, 0.15) is 5.82 Å². The van der Waals surface area contributed by atoms with Crippen LogP contribution in [0.2, 0.25) is 0 Å². The first-order valence-electron chi connectivity index (χ1n) is 5.30. The van der Waals surface area contributed by atoms with E-state index >= 15 is 0 Å². The maximum absolute atomic E-state index is 13.3. The summed E-state index contributed by atoms with van der Waals surface area (Å²) in [5, 5.41) is 2.63. The number of halogens is 2. The first-order valence-corrected chi connectivity index (χ1v) is 6.10. The lowest BCUT2D eigenvalue weighted by Crippen LogP contribution is -2.24. The minimum Gasteiger partial charge on any atom is -0.346 e. The lowest BCUT2D eigenvalue weighted by molar-refractivity contribution is 0.0949. The standard InChI is InChI=1S/C13H10BrFN2O/c14-10-5-2-1-4-9(10)13(18)17-8-12-11(15)6-3-7-16-12/h1-7H,8H2,(H,17,18). The third-order valence-electron chi connectivity index (χ3n) is 2.37. The van der Waals surface area contributed by atoms with Gasteiger partial charge in [-0.1, -0.05) is 12.1 Å². The van der Waals surface area contributed by atoms with E-state index in [1.807, 2.05) is 6.07 Å². The fraction of sp³-hybridized carbons (Fsp3) is 0.0769. The predicted molar refractivity (Wildman–Crippen MR) is 69.5 cm³/mol. The molecule has 1 aromatic carbocycles. The van der Waals surface area contributed by atoms with Crippen molar-refractivity contribution < 1.29 is 9.18 Å². The van der Waals surface area contributed by atoms with Crippen molar-refractivity contribution in [1.29, 1.82) is 0 Å². The highest BCUT2D eigenvalue weighted by molar-refractivity contribution is 9.10. The molecule has 3 nitrogen and oxygen atoms in total. The van der Waals surface area contributed by atoms with Crippen LogP contribution < -0.4 is 5.32 Å². The van der Waals surface area contributed by atoms with E-state index in [2.05, 4.69) is 26.2 Å². The fourth-order valence-electron chi connectivity index (χ4n) is 1.45. The number of hydrogen-bond donors (Lipinski definition) is 1. The minimum atomic E-state index is -0.426. The highest BCUT2D eigenvalue weighted by atomic mass is 79.9. The summed E-state index contributed by atoms with van der Waals surface area (Å²) < 4.78 is 14.0. The van der Waals surface area contributed by atoms with Crippen molar-refractivity contribution in [3.05, 3.63) is 64.1 Å². The molecule has 1 N–H and O–H groups in total. The average molecular weight is 309 g/mol. The van der Waals surface area contributed by atoms with Gasteiger partial charge in [-0.3, -0.25) is 9.78 Å². The van der Waals surface area contributed by atoms with Crippen LogP contribution in [0.25, 0.3) is 0 Å². The molecule has 0 aliphatic rings. The molecule has 92 valence electrons.